The van der Waals surface area contributed by atoms with Crippen LogP contribution in [0.5, 0.6) is 0 Å². The standard InChI is InChI=1S/C72H75F6N12O16P/c1-88(67(94)82-34-49-19-10-22-58(73)64(49)76)52(37-101-70(97)85-61-25-43-13-4-7-16-46(43)31-79-61)28-55(91)40-104-107(100,105-41-56(92)29-53(89(2)68(95)83-35-50-20-11-23-59(74)65(50)77)38-102-71(98)86-62-26-44-14-5-8-17-47(44)32-80-62)106-42-57(93)30-54(90(3)69(96)84-36-51-21-12-24-60(75)66(51)78)39-103-72(99)87-63-27-45-15-6-9-18-48(45)33-81-63/h4-27,31-33,52-57,91-93H,28-30,34-42H2,1-3H3,(H,82,94)(H,83,95)(H,84,96)(H,79,85,97)(H,80,86,98)(H,81,87,99)/t52-,53-,54-,55+,56+,57+/m0/s1. The van der Waals surface area contributed by atoms with E-state index in [1.165, 1.54) is 76.1 Å². The maximum Gasteiger partial charge on any atom is 0.475 e. The Labute approximate surface area is 607 Å². The number of phosphoric ester groups is 1. The molecule has 0 aliphatic carbocycles. The van der Waals surface area contributed by atoms with E-state index >= 15 is 4.57 Å². The summed E-state index contributed by atoms with van der Waals surface area (Å²) >= 11 is 0. The summed E-state index contributed by atoms with van der Waals surface area (Å²) in [6.07, 6.45) is -6.13. The number of hydrogen-bond donors (Lipinski definition) is 9. The fraction of sp³-hybridized carbons (Fsp3) is 0.292. The van der Waals surface area contributed by atoms with Crippen LogP contribution in [0.2, 0.25) is 0 Å². The number of anilines is 3. The number of carbonyl (C=O) groups is 6. The molecule has 0 aliphatic rings. The van der Waals surface area contributed by atoms with Crippen LogP contribution in [0.15, 0.2) is 164 Å². The molecule has 0 saturated carbocycles. The summed E-state index contributed by atoms with van der Waals surface area (Å²) in [6, 6.07) is 29.0. The number of nitrogens with zero attached hydrogens (tertiary/aromatic N) is 6. The number of urea groups is 3. The first-order valence-corrected chi connectivity index (χ1v) is 34.5. The zero-order valence-electron chi connectivity index (χ0n) is 57.6. The number of likely N-dealkylation sites (N-methyl/N-ethyl adjacent to an activating group) is 3. The van der Waals surface area contributed by atoms with Gasteiger partial charge >= 0.3 is 44.2 Å². The molecule has 0 unspecified atom stereocenters. The Balaban J connectivity index is 0.938. The number of aliphatic hydroxyl groups is 3. The van der Waals surface area contributed by atoms with Crippen LogP contribution in [0, 0.1) is 34.9 Å². The van der Waals surface area contributed by atoms with Crippen molar-refractivity contribution in [3.63, 3.8) is 0 Å². The van der Waals surface area contributed by atoms with Gasteiger partial charge in [-0.05, 0) is 71.8 Å². The van der Waals surface area contributed by atoms with Gasteiger partial charge < -0.3 is 60.2 Å². The van der Waals surface area contributed by atoms with Crippen LogP contribution in [0.1, 0.15) is 36.0 Å². The molecule has 9 rings (SSSR count). The van der Waals surface area contributed by atoms with Gasteiger partial charge in [-0.3, -0.25) is 29.5 Å². The summed E-state index contributed by atoms with van der Waals surface area (Å²) in [7, 11) is -1.71. The highest BCUT2D eigenvalue weighted by molar-refractivity contribution is 7.48. The fourth-order valence-electron chi connectivity index (χ4n) is 10.6. The first-order valence-electron chi connectivity index (χ1n) is 33.0. The lowest BCUT2D eigenvalue weighted by Gasteiger charge is -2.31. The molecule has 0 saturated heterocycles. The van der Waals surface area contributed by atoms with Gasteiger partial charge in [0.2, 0.25) is 0 Å². The largest absolute Gasteiger partial charge is 0.475 e. The molecule has 0 bridgehead atoms. The summed E-state index contributed by atoms with van der Waals surface area (Å²) < 4.78 is 135. The van der Waals surface area contributed by atoms with Gasteiger partial charge in [0, 0.05) is 92.2 Å². The molecule has 0 aliphatic heterocycles. The summed E-state index contributed by atoms with van der Waals surface area (Å²) in [5.41, 5.74) is -0.734. The van der Waals surface area contributed by atoms with E-state index in [2.05, 4.69) is 46.9 Å². The number of aromatic nitrogens is 3. The zero-order chi connectivity index (χ0) is 76.7. The van der Waals surface area contributed by atoms with Crippen molar-refractivity contribution in [3.8, 4) is 0 Å². The number of halogens is 6. The quantitative estimate of drug-likeness (QED) is 0.0105. The summed E-state index contributed by atoms with van der Waals surface area (Å²) in [5, 5.41) is 54.3. The maximum absolute atomic E-state index is 15.1. The van der Waals surface area contributed by atoms with Crippen molar-refractivity contribution in [2.45, 2.75) is 75.3 Å². The Morgan fingerprint density at radius 3 is 0.925 bits per heavy atom. The number of nitrogens with one attached hydrogen (secondary N) is 6. The van der Waals surface area contributed by atoms with E-state index in [0.29, 0.717) is 16.2 Å². The molecule has 9 N–H and O–H groups in total. The maximum atomic E-state index is 15.1. The Morgan fingerprint density at radius 1 is 0.393 bits per heavy atom. The molecule has 107 heavy (non-hydrogen) atoms. The van der Waals surface area contributed by atoms with Crippen LogP contribution >= 0.6 is 7.82 Å². The van der Waals surface area contributed by atoms with E-state index in [-0.39, 0.29) is 34.1 Å². The van der Waals surface area contributed by atoms with Crippen molar-refractivity contribution >= 4 is 94.0 Å². The van der Waals surface area contributed by atoms with Gasteiger partial charge in [0.15, 0.2) is 34.9 Å². The minimum atomic E-state index is -5.33. The summed E-state index contributed by atoms with van der Waals surface area (Å²) in [5.74, 6) is -7.12. The Hall–Kier alpha value is -11.3. The van der Waals surface area contributed by atoms with Gasteiger partial charge in [-0.25, -0.2) is 74.6 Å². The average molecular weight is 1510 g/mol. The number of phosphoric acid groups is 1. The van der Waals surface area contributed by atoms with Gasteiger partial charge in [0.05, 0.1) is 56.3 Å². The second-order valence-electron chi connectivity index (χ2n) is 24.3. The number of carbonyl (C=O) groups excluding carboxylic acids is 6. The van der Waals surface area contributed by atoms with Crippen molar-refractivity contribution in [1.82, 2.24) is 45.6 Å². The first-order chi connectivity index (χ1) is 51.3. The lowest BCUT2D eigenvalue weighted by molar-refractivity contribution is 0.000352. The van der Waals surface area contributed by atoms with E-state index in [1.807, 2.05) is 0 Å². The lowest BCUT2D eigenvalue weighted by Crippen LogP contribution is -2.47. The minimum absolute atomic E-state index is 0.0672. The van der Waals surface area contributed by atoms with Crippen LogP contribution in [0.25, 0.3) is 32.3 Å². The molecule has 6 atom stereocenters. The molecule has 9 aromatic rings. The van der Waals surface area contributed by atoms with Crippen molar-refractivity contribution in [2.24, 2.45) is 0 Å². The molecule has 0 radical (unpaired) electrons. The van der Waals surface area contributed by atoms with E-state index in [9.17, 15) is 70.4 Å². The van der Waals surface area contributed by atoms with Crippen LogP contribution in [0.3, 0.4) is 0 Å². The van der Waals surface area contributed by atoms with Crippen LogP contribution in [0.4, 0.5) is 72.6 Å². The van der Waals surface area contributed by atoms with Crippen LogP contribution in [-0.4, -0.2) is 179 Å². The van der Waals surface area contributed by atoms with Crippen molar-refractivity contribution in [3.05, 3.63) is 216 Å². The number of amides is 9. The summed E-state index contributed by atoms with van der Waals surface area (Å²) in [6.45, 7) is -6.89. The Morgan fingerprint density at radius 2 is 0.654 bits per heavy atom. The highest BCUT2D eigenvalue weighted by Crippen LogP contribution is 2.50. The smallest absolute Gasteiger partial charge is 0.447 e. The van der Waals surface area contributed by atoms with Gasteiger partial charge in [-0.1, -0.05) is 109 Å². The normalized spacial score (nSPS) is 13.1. The molecular formula is C72H75F6N12O16P. The van der Waals surface area contributed by atoms with Gasteiger partial charge in [0.1, 0.15) is 37.3 Å². The Kier molecular flexibility index (Phi) is 28.5. The van der Waals surface area contributed by atoms with E-state index in [0.717, 1.165) is 49.1 Å². The van der Waals surface area contributed by atoms with Crippen molar-refractivity contribution in [2.75, 3.05) is 76.7 Å². The molecule has 6 aromatic carbocycles. The minimum Gasteiger partial charge on any atom is -0.447 e. The molecule has 28 nitrogen and oxygen atoms in total. The number of fused-ring (bicyclic) bond motifs is 3. The van der Waals surface area contributed by atoms with Crippen molar-refractivity contribution in [1.29, 1.82) is 0 Å². The van der Waals surface area contributed by atoms with Gasteiger partial charge in [-0.15, -0.1) is 0 Å². The topological polar surface area (TPSA) is 356 Å². The number of hydrogen-bond acceptors (Lipinski definition) is 19. The molecule has 3 heterocycles. The number of rotatable bonds is 33. The predicted octanol–water partition coefficient (Wildman–Crippen LogP) is 11.3. The Bertz CT molecular complexity index is 4210. The van der Waals surface area contributed by atoms with Crippen molar-refractivity contribution < 1.29 is 103 Å². The zero-order valence-corrected chi connectivity index (χ0v) is 58.5. The average Bonchev–Trinajstić information content (AvgIpc) is 0.852. The van der Waals surface area contributed by atoms with Crippen LogP contribution < -0.4 is 31.9 Å². The SMILES string of the molecule is CN(C(=O)NCc1cccc(F)c1F)[C@H](COC(=O)Nc1cc2ccccc2cn1)C[C@@H](O)COP(=O)(OC[C@H](O)C[C@@H](COC(=O)Nc1cc2ccccc2cn1)N(C)C(=O)NCc1cccc(F)c1F)OC[C@H](O)C[C@@H](COC(=O)Nc1cc2ccccc2cn1)N(C)C(=O)NCc1cccc(F)c1F. The van der Waals surface area contributed by atoms with E-state index in [1.54, 1.807) is 91.0 Å². The number of ether oxygens (including phenoxy) is 3. The molecule has 0 spiro atoms. The molecule has 566 valence electrons. The fourth-order valence-corrected chi connectivity index (χ4v) is 11.9. The summed E-state index contributed by atoms with van der Waals surface area (Å²) in [4.78, 5) is 96.7. The third-order valence-electron chi connectivity index (χ3n) is 16.7. The molecule has 9 amide bonds. The molecule has 3 aromatic heterocycles. The first kappa shape index (κ1) is 79.8. The number of pyridine rings is 3. The van der Waals surface area contributed by atoms with Gasteiger partial charge in [0.25, 0.3) is 0 Å². The molecule has 35 heteroatoms. The second kappa shape index (κ2) is 38.1. The number of benzene rings is 6. The molecular weight excluding hydrogens is 1430 g/mol. The molecule has 0 fully saturated rings. The second-order valence-corrected chi connectivity index (χ2v) is 26.0. The van der Waals surface area contributed by atoms with Gasteiger partial charge in [-0.2, -0.15) is 0 Å². The van der Waals surface area contributed by atoms with E-state index < -0.39 is 194 Å². The highest BCUT2D eigenvalue weighted by Gasteiger charge is 2.35. The third kappa shape index (κ3) is 23.4. The monoisotopic (exact) mass is 1510 g/mol. The highest BCUT2D eigenvalue weighted by atomic mass is 31.2. The lowest BCUT2D eigenvalue weighted by atomic mass is 10.1. The van der Waals surface area contributed by atoms with E-state index in [4.69, 9.17) is 27.8 Å². The van der Waals surface area contributed by atoms with Crippen LogP contribution in [-0.2, 0) is 52.0 Å². The third-order valence-corrected chi connectivity index (χ3v) is 18.1. The number of aliphatic hydroxyl groups excluding tert-OH is 3. The predicted molar refractivity (Wildman–Crippen MR) is 378 cm³/mol.